The van der Waals surface area contributed by atoms with Crippen LogP contribution in [-0.4, -0.2) is 39.2 Å². The number of thiocarbonyl (C=S) groups is 1. The van der Waals surface area contributed by atoms with E-state index >= 15 is 0 Å². The van der Waals surface area contributed by atoms with E-state index < -0.39 is 5.97 Å². The van der Waals surface area contributed by atoms with Crippen LogP contribution in [0.5, 0.6) is 0 Å². The van der Waals surface area contributed by atoms with Gasteiger partial charge in [0.05, 0.1) is 17.2 Å². The Balaban J connectivity index is 2.00. The minimum absolute atomic E-state index is 0.145. The van der Waals surface area contributed by atoms with E-state index in [1.54, 1.807) is 24.4 Å². The molecular formula is C15H16N2O3S2. The molecule has 116 valence electrons. The molecule has 2 rings (SSSR count). The summed E-state index contributed by atoms with van der Waals surface area (Å²) in [6.45, 7) is 2.24. The van der Waals surface area contributed by atoms with Gasteiger partial charge in [0.25, 0.3) is 5.91 Å². The van der Waals surface area contributed by atoms with Crippen LogP contribution in [0.2, 0.25) is 0 Å². The number of carbonyl (C=O) groups is 2. The molecule has 0 bridgehead atoms. The van der Waals surface area contributed by atoms with Crippen LogP contribution in [0.4, 0.5) is 0 Å². The molecule has 2 heterocycles. The number of esters is 1. The molecule has 5 nitrogen and oxygen atoms in total. The Morgan fingerprint density at radius 2 is 2.32 bits per heavy atom. The second kappa shape index (κ2) is 8.05. The van der Waals surface area contributed by atoms with Gasteiger partial charge in [0.1, 0.15) is 10.9 Å². The summed E-state index contributed by atoms with van der Waals surface area (Å²) in [5, 5.41) is 0. The third-order valence-electron chi connectivity index (χ3n) is 2.89. The number of carbonyl (C=O) groups excluding carboxylic acids is 2. The molecule has 1 saturated heterocycles. The summed E-state index contributed by atoms with van der Waals surface area (Å²) >= 11 is 6.33. The minimum Gasteiger partial charge on any atom is -0.464 e. The molecule has 1 aromatic heterocycles. The van der Waals surface area contributed by atoms with E-state index in [1.807, 2.05) is 13.0 Å². The zero-order valence-electron chi connectivity index (χ0n) is 12.2. The first-order valence-corrected chi connectivity index (χ1v) is 8.16. The quantitative estimate of drug-likeness (QED) is 0.344. The fraction of sp³-hybridized carbons (Fsp3) is 0.333. The van der Waals surface area contributed by atoms with Crippen LogP contribution in [-0.2, 0) is 14.3 Å². The number of rotatable bonds is 6. The largest absolute Gasteiger partial charge is 0.464 e. The van der Waals surface area contributed by atoms with Gasteiger partial charge in [0.15, 0.2) is 0 Å². The number of amides is 1. The molecule has 1 aliphatic rings. The first kappa shape index (κ1) is 16.6. The molecule has 0 aromatic carbocycles. The number of unbranched alkanes of at least 4 members (excludes halogenated alkanes) is 1. The van der Waals surface area contributed by atoms with E-state index in [9.17, 15) is 9.59 Å². The maximum absolute atomic E-state index is 12.3. The summed E-state index contributed by atoms with van der Waals surface area (Å²) in [7, 11) is 0. The molecule has 0 atom stereocenters. The van der Waals surface area contributed by atoms with Gasteiger partial charge >= 0.3 is 5.97 Å². The Morgan fingerprint density at radius 1 is 1.50 bits per heavy atom. The number of thioether (sulfide) groups is 1. The van der Waals surface area contributed by atoms with Gasteiger partial charge in [-0.2, -0.15) is 0 Å². The standard InChI is InChI=1S/C15H16N2O3S2/c1-2-3-8-20-13(18)10-17-14(19)12(22-15(17)21)9-11-6-4-5-7-16-11/h4-7,9H,2-3,8,10H2,1H3/b12-9-. The monoisotopic (exact) mass is 336 g/mol. The fourth-order valence-corrected chi connectivity index (χ4v) is 2.98. The number of hydrogen-bond acceptors (Lipinski definition) is 6. The van der Waals surface area contributed by atoms with Gasteiger partial charge in [-0.25, -0.2) is 0 Å². The van der Waals surface area contributed by atoms with Crippen LogP contribution in [0.25, 0.3) is 6.08 Å². The van der Waals surface area contributed by atoms with Gasteiger partial charge in [-0.1, -0.05) is 43.4 Å². The molecule has 0 N–H and O–H groups in total. The summed E-state index contributed by atoms with van der Waals surface area (Å²) in [5.41, 5.74) is 0.675. The normalized spacial score (nSPS) is 16.4. The number of pyridine rings is 1. The van der Waals surface area contributed by atoms with Gasteiger partial charge in [0.2, 0.25) is 0 Å². The molecule has 0 saturated carbocycles. The van der Waals surface area contributed by atoms with Gasteiger partial charge in [-0.15, -0.1) is 0 Å². The van der Waals surface area contributed by atoms with Gasteiger partial charge in [0, 0.05) is 6.20 Å². The number of aromatic nitrogens is 1. The number of nitrogens with zero attached hydrogens (tertiary/aromatic N) is 2. The van der Waals surface area contributed by atoms with Crippen LogP contribution >= 0.6 is 24.0 Å². The van der Waals surface area contributed by atoms with Crippen LogP contribution in [0, 0.1) is 0 Å². The highest BCUT2D eigenvalue weighted by Crippen LogP contribution is 2.32. The summed E-state index contributed by atoms with van der Waals surface area (Å²) in [5.74, 6) is -0.725. The Kier molecular flexibility index (Phi) is 6.09. The van der Waals surface area contributed by atoms with E-state index in [0.29, 0.717) is 21.5 Å². The van der Waals surface area contributed by atoms with Crippen LogP contribution in [0.3, 0.4) is 0 Å². The second-order valence-corrected chi connectivity index (χ2v) is 6.27. The summed E-state index contributed by atoms with van der Waals surface area (Å²) < 4.78 is 5.42. The Bertz CT molecular complexity index is 602. The minimum atomic E-state index is -0.441. The number of ether oxygens (including phenoxy) is 1. The maximum atomic E-state index is 12.3. The lowest BCUT2D eigenvalue weighted by atomic mass is 10.3. The van der Waals surface area contributed by atoms with Crippen molar-refractivity contribution in [3.63, 3.8) is 0 Å². The maximum Gasteiger partial charge on any atom is 0.326 e. The van der Waals surface area contributed by atoms with Crippen LogP contribution in [0.1, 0.15) is 25.5 Å². The van der Waals surface area contributed by atoms with Crippen molar-refractivity contribution in [1.82, 2.24) is 9.88 Å². The van der Waals surface area contributed by atoms with E-state index in [2.05, 4.69) is 4.98 Å². The molecule has 22 heavy (non-hydrogen) atoms. The molecule has 1 amide bonds. The molecular weight excluding hydrogens is 320 g/mol. The smallest absolute Gasteiger partial charge is 0.326 e. The van der Waals surface area contributed by atoms with E-state index in [1.165, 1.54) is 16.7 Å². The van der Waals surface area contributed by atoms with E-state index in [4.69, 9.17) is 17.0 Å². The van der Waals surface area contributed by atoms with E-state index in [0.717, 1.165) is 12.8 Å². The third kappa shape index (κ3) is 4.38. The molecule has 0 aliphatic carbocycles. The van der Waals surface area contributed by atoms with Crippen molar-refractivity contribution in [2.24, 2.45) is 0 Å². The van der Waals surface area contributed by atoms with E-state index in [-0.39, 0.29) is 12.5 Å². The molecule has 1 aromatic rings. The van der Waals surface area contributed by atoms with Crippen molar-refractivity contribution in [3.05, 3.63) is 35.0 Å². The molecule has 1 aliphatic heterocycles. The highest BCUT2D eigenvalue weighted by molar-refractivity contribution is 8.26. The van der Waals surface area contributed by atoms with Gasteiger partial charge in [-0.3, -0.25) is 19.5 Å². The zero-order chi connectivity index (χ0) is 15.9. The van der Waals surface area contributed by atoms with Crippen LogP contribution < -0.4 is 0 Å². The predicted octanol–water partition coefficient (Wildman–Crippen LogP) is 2.63. The molecule has 1 fully saturated rings. The molecule has 7 heteroatoms. The number of hydrogen-bond donors (Lipinski definition) is 0. The van der Waals surface area contributed by atoms with Gasteiger partial charge < -0.3 is 4.74 Å². The highest BCUT2D eigenvalue weighted by Gasteiger charge is 2.33. The van der Waals surface area contributed by atoms with Crippen molar-refractivity contribution in [2.45, 2.75) is 19.8 Å². The van der Waals surface area contributed by atoms with Crippen molar-refractivity contribution in [2.75, 3.05) is 13.2 Å². The van der Waals surface area contributed by atoms with Crippen molar-refractivity contribution < 1.29 is 14.3 Å². The van der Waals surface area contributed by atoms with Crippen molar-refractivity contribution in [3.8, 4) is 0 Å². The lowest BCUT2D eigenvalue weighted by molar-refractivity contribution is -0.146. The average molecular weight is 336 g/mol. The predicted molar refractivity (Wildman–Crippen MR) is 90.0 cm³/mol. The lowest BCUT2D eigenvalue weighted by Gasteiger charge is -2.13. The summed E-state index contributed by atoms with van der Waals surface area (Å²) in [6, 6.07) is 5.44. The summed E-state index contributed by atoms with van der Waals surface area (Å²) in [4.78, 5) is 29.9. The van der Waals surface area contributed by atoms with Crippen molar-refractivity contribution in [1.29, 1.82) is 0 Å². The lowest BCUT2D eigenvalue weighted by Crippen LogP contribution is -2.34. The van der Waals surface area contributed by atoms with Crippen molar-refractivity contribution >= 4 is 46.3 Å². The zero-order valence-corrected chi connectivity index (χ0v) is 13.8. The summed E-state index contributed by atoms with van der Waals surface area (Å²) in [6.07, 6.45) is 5.07. The SMILES string of the molecule is CCCCOC(=O)CN1C(=O)/C(=C/c2ccccn2)SC1=S. The molecule has 0 spiro atoms. The fourth-order valence-electron chi connectivity index (χ4n) is 1.74. The average Bonchev–Trinajstić information content (AvgIpc) is 2.76. The first-order valence-electron chi connectivity index (χ1n) is 6.94. The Labute approximate surface area is 138 Å². The molecule has 0 unspecified atom stereocenters. The van der Waals surface area contributed by atoms with Gasteiger partial charge in [-0.05, 0) is 24.6 Å². The Hall–Kier alpha value is -1.73. The third-order valence-corrected chi connectivity index (χ3v) is 4.27. The Morgan fingerprint density at radius 3 is 3.00 bits per heavy atom. The topological polar surface area (TPSA) is 59.5 Å². The highest BCUT2D eigenvalue weighted by atomic mass is 32.2. The second-order valence-electron chi connectivity index (χ2n) is 4.60. The van der Waals surface area contributed by atoms with Crippen LogP contribution in [0.15, 0.2) is 29.3 Å². The first-order chi connectivity index (χ1) is 10.6. The molecule has 0 radical (unpaired) electrons.